The summed E-state index contributed by atoms with van der Waals surface area (Å²) in [5, 5.41) is 0. The first-order valence-electron chi connectivity index (χ1n) is 8.46. The van der Waals surface area contributed by atoms with Crippen LogP contribution in [0.15, 0.2) is 12.3 Å². The van der Waals surface area contributed by atoms with E-state index < -0.39 is 11.9 Å². The fourth-order valence-electron chi connectivity index (χ4n) is 3.71. The molecule has 8 heteroatoms. The molecule has 1 aromatic carbocycles. The summed E-state index contributed by atoms with van der Waals surface area (Å²) in [6.07, 6.45) is 2.38. The summed E-state index contributed by atoms with van der Waals surface area (Å²) in [6, 6.07) is 1.93. The Bertz CT molecular complexity index is 944. The number of nitrogens with zero attached hydrogens (tertiary/aromatic N) is 1. The van der Waals surface area contributed by atoms with Gasteiger partial charge in [0.15, 0.2) is 11.5 Å². The number of carbonyl (C=O) groups excluding carboxylic acids is 2. The molecule has 2 aliphatic heterocycles. The number of hydrogen-bond acceptors (Lipinski definition) is 7. The van der Waals surface area contributed by atoms with E-state index in [9.17, 15) is 9.59 Å². The number of aryl methyl sites for hydroxylation is 2. The lowest BCUT2D eigenvalue weighted by Crippen LogP contribution is -2.14. The Labute approximate surface area is 155 Å². The lowest BCUT2D eigenvalue weighted by Gasteiger charge is -2.23. The molecule has 27 heavy (non-hydrogen) atoms. The Balaban J connectivity index is 1.99. The highest BCUT2D eigenvalue weighted by Crippen LogP contribution is 2.51. The number of ether oxygens (including phenoxy) is 5. The second-order valence-electron chi connectivity index (χ2n) is 6.24. The second-order valence-corrected chi connectivity index (χ2v) is 6.24. The average Bonchev–Trinajstić information content (AvgIpc) is 3.29. The third kappa shape index (κ3) is 2.59. The van der Waals surface area contributed by atoms with Crippen molar-refractivity contribution in [2.75, 3.05) is 28.1 Å². The predicted octanol–water partition coefficient (Wildman–Crippen LogP) is 1.95. The SMILES string of the molecule is COC(=O)Cc1c(C(=O)OC)cn2c1-c1c(cc3c(c1OC)OCO3)CC2. The molecule has 0 atom stereocenters. The Hall–Kier alpha value is -3.16. The van der Waals surface area contributed by atoms with Crippen molar-refractivity contribution in [3.8, 4) is 28.5 Å². The van der Waals surface area contributed by atoms with Gasteiger partial charge in [-0.25, -0.2) is 4.79 Å². The molecule has 2 aliphatic rings. The average molecular weight is 373 g/mol. The van der Waals surface area contributed by atoms with Crippen LogP contribution in [0.4, 0.5) is 0 Å². The molecule has 2 aromatic rings. The fourth-order valence-corrected chi connectivity index (χ4v) is 3.71. The molecule has 0 N–H and O–H groups in total. The van der Waals surface area contributed by atoms with Crippen LogP contribution in [0.5, 0.6) is 17.2 Å². The van der Waals surface area contributed by atoms with Crippen molar-refractivity contribution >= 4 is 11.9 Å². The van der Waals surface area contributed by atoms with E-state index in [1.165, 1.54) is 14.2 Å². The lowest BCUT2D eigenvalue weighted by atomic mass is 9.92. The molecule has 142 valence electrons. The number of aromatic nitrogens is 1. The molecule has 0 amide bonds. The zero-order chi connectivity index (χ0) is 19.1. The molecular formula is C19H19NO7. The maximum atomic E-state index is 12.3. The van der Waals surface area contributed by atoms with Gasteiger partial charge in [-0.15, -0.1) is 0 Å². The minimum atomic E-state index is -0.503. The van der Waals surface area contributed by atoms with E-state index in [1.54, 1.807) is 13.3 Å². The Morgan fingerprint density at radius 2 is 2.00 bits per heavy atom. The van der Waals surface area contributed by atoms with Gasteiger partial charge in [0.1, 0.15) is 0 Å². The number of methoxy groups -OCH3 is 3. The topological polar surface area (TPSA) is 85.2 Å². The van der Waals surface area contributed by atoms with Crippen molar-refractivity contribution in [2.24, 2.45) is 0 Å². The van der Waals surface area contributed by atoms with E-state index in [4.69, 9.17) is 23.7 Å². The van der Waals surface area contributed by atoms with Gasteiger partial charge in [-0.3, -0.25) is 4.79 Å². The molecule has 1 aromatic heterocycles. The maximum Gasteiger partial charge on any atom is 0.339 e. The number of carbonyl (C=O) groups is 2. The number of hydrogen-bond donors (Lipinski definition) is 0. The van der Waals surface area contributed by atoms with Gasteiger partial charge in [0.2, 0.25) is 12.5 Å². The summed E-state index contributed by atoms with van der Waals surface area (Å²) in [6.45, 7) is 0.772. The van der Waals surface area contributed by atoms with Gasteiger partial charge >= 0.3 is 11.9 Å². The normalized spacial score (nSPS) is 13.6. The third-order valence-corrected chi connectivity index (χ3v) is 4.90. The van der Waals surface area contributed by atoms with Gasteiger partial charge in [0.05, 0.1) is 39.0 Å². The standard InChI is InChI=1S/C19H19NO7/c1-23-14(21)7-11-12(19(22)25-3)8-20-5-4-10-6-13-17(27-9-26-13)18(24-2)15(10)16(11)20/h6,8H,4-5,7,9H2,1-3H3. The number of esters is 2. The lowest BCUT2D eigenvalue weighted by molar-refractivity contribution is -0.139. The molecule has 3 heterocycles. The molecular weight excluding hydrogens is 354 g/mol. The summed E-state index contributed by atoms with van der Waals surface area (Å²) in [5.41, 5.74) is 3.42. The Morgan fingerprint density at radius 3 is 2.70 bits per heavy atom. The van der Waals surface area contributed by atoms with E-state index in [-0.39, 0.29) is 13.2 Å². The van der Waals surface area contributed by atoms with Crippen LogP contribution in [0.1, 0.15) is 21.5 Å². The molecule has 0 fully saturated rings. The molecule has 0 aliphatic carbocycles. The highest BCUT2D eigenvalue weighted by molar-refractivity contribution is 5.97. The van der Waals surface area contributed by atoms with Crippen molar-refractivity contribution in [3.63, 3.8) is 0 Å². The van der Waals surface area contributed by atoms with E-state index in [2.05, 4.69) is 0 Å². The number of rotatable bonds is 4. The Kier molecular flexibility index (Phi) is 4.18. The van der Waals surface area contributed by atoms with Gasteiger partial charge in [-0.1, -0.05) is 0 Å². The van der Waals surface area contributed by atoms with E-state index in [1.807, 2.05) is 10.6 Å². The van der Waals surface area contributed by atoms with Crippen molar-refractivity contribution in [1.82, 2.24) is 4.57 Å². The largest absolute Gasteiger partial charge is 0.492 e. The summed E-state index contributed by atoms with van der Waals surface area (Å²) in [4.78, 5) is 24.3. The van der Waals surface area contributed by atoms with Crippen molar-refractivity contribution < 1.29 is 33.3 Å². The first-order valence-corrected chi connectivity index (χ1v) is 8.46. The van der Waals surface area contributed by atoms with Crippen LogP contribution >= 0.6 is 0 Å². The van der Waals surface area contributed by atoms with Crippen LogP contribution in [0.25, 0.3) is 11.3 Å². The highest BCUT2D eigenvalue weighted by Gasteiger charge is 2.34. The molecule has 0 spiro atoms. The second kappa shape index (κ2) is 6.53. The van der Waals surface area contributed by atoms with Crippen LogP contribution < -0.4 is 14.2 Å². The predicted molar refractivity (Wildman–Crippen MR) is 93.3 cm³/mol. The number of fused-ring (bicyclic) bond motifs is 4. The molecule has 0 unspecified atom stereocenters. The van der Waals surface area contributed by atoms with E-state index in [0.29, 0.717) is 34.9 Å². The van der Waals surface area contributed by atoms with Crippen LogP contribution in [0, 0.1) is 0 Å². The molecule has 0 saturated carbocycles. The van der Waals surface area contributed by atoms with E-state index >= 15 is 0 Å². The molecule has 0 saturated heterocycles. The summed E-state index contributed by atoms with van der Waals surface area (Å²) in [5.74, 6) is 0.738. The molecule has 8 nitrogen and oxygen atoms in total. The molecule has 4 rings (SSSR count). The summed E-state index contributed by atoms with van der Waals surface area (Å²) >= 11 is 0. The van der Waals surface area contributed by atoms with Gasteiger partial charge in [-0.2, -0.15) is 0 Å². The molecule has 0 radical (unpaired) electrons. The van der Waals surface area contributed by atoms with Gasteiger partial charge in [-0.05, 0) is 18.1 Å². The quantitative estimate of drug-likeness (QED) is 0.757. The fraction of sp³-hybridized carbons (Fsp3) is 0.368. The third-order valence-electron chi connectivity index (χ3n) is 4.90. The van der Waals surface area contributed by atoms with Crippen LogP contribution in [-0.2, 0) is 33.7 Å². The monoisotopic (exact) mass is 373 g/mol. The van der Waals surface area contributed by atoms with Crippen molar-refractivity contribution in [2.45, 2.75) is 19.4 Å². The van der Waals surface area contributed by atoms with Crippen LogP contribution in [0.3, 0.4) is 0 Å². The van der Waals surface area contributed by atoms with Crippen molar-refractivity contribution in [1.29, 1.82) is 0 Å². The summed E-state index contributed by atoms with van der Waals surface area (Å²) < 4.78 is 28.4. The smallest absolute Gasteiger partial charge is 0.339 e. The summed E-state index contributed by atoms with van der Waals surface area (Å²) in [7, 11) is 4.18. The van der Waals surface area contributed by atoms with E-state index in [0.717, 1.165) is 23.2 Å². The highest BCUT2D eigenvalue weighted by atomic mass is 16.7. The zero-order valence-corrected chi connectivity index (χ0v) is 15.3. The van der Waals surface area contributed by atoms with Crippen molar-refractivity contribution in [3.05, 3.63) is 29.0 Å². The van der Waals surface area contributed by atoms with Gasteiger partial charge in [0, 0.05) is 23.9 Å². The van der Waals surface area contributed by atoms with Crippen LogP contribution in [-0.4, -0.2) is 44.6 Å². The first-order chi connectivity index (χ1) is 13.1. The van der Waals surface area contributed by atoms with Gasteiger partial charge in [0.25, 0.3) is 0 Å². The maximum absolute atomic E-state index is 12.3. The van der Waals surface area contributed by atoms with Gasteiger partial charge < -0.3 is 28.3 Å². The zero-order valence-electron chi connectivity index (χ0n) is 15.3. The minimum absolute atomic E-state index is 0.0553. The Morgan fingerprint density at radius 1 is 1.19 bits per heavy atom. The minimum Gasteiger partial charge on any atom is -0.492 e. The van der Waals surface area contributed by atoms with Crippen LogP contribution in [0.2, 0.25) is 0 Å². The number of benzene rings is 1. The molecule has 0 bridgehead atoms. The first kappa shape index (κ1) is 17.3.